The summed E-state index contributed by atoms with van der Waals surface area (Å²) in [5.74, 6) is -2.61. The van der Waals surface area contributed by atoms with Crippen molar-refractivity contribution in [2.75, 3.05) is 0 Å². The highest BCUT2D eigenvalue weighted by atomic mass is 16.4. The molecule has 0 radical (unpaired) electrons. The van der Waals surface area contributed by atoms with Gasteiger partial charge >= 0.3 is 0 Å². The highest BCUT2D eigenvalue weighted by Crippen LogP contribution is 2.33. The van der Waals surface area contributed by atoms with Crippen LogP contribution in [-0.4, -0.2) is 29.3 Å². The summed E-state index contributed by atoms with van der Waals surface area (Å²) in [4.78, 5) is 40.1. The maximum atomic E-state index is 12.6. The third-order valence-corrected chi connectivity index (χ3v) is 4.35. The van der Waals surface area contributed by atoms with Crippen molar-refractivity contribution in [3.05, 3.63) is 35.9 Å². The van der Waals surface area contributed by atoms with Crippen molar-refractivity contribution in [1.29, 1.82) is 0 Å². The van der Waals surface area contributed by atoms with Crippen molar-refractivity contribution in [2.45, 2.75) is 51.5 Å². The Kier molecular flexibility index (Phi) is 6.01. The minimum Gasteiger partial charge on any atom is -0.548 e. The molecule has 0 aromatic heterocycles. The maximum Gasteiger partial charge on any atom is 0.149 e. The highest BCUT2D eigenvalue weighted by Gasteiger charge is 2.38. The largest absolute Gasteiger partial charge is 0.548 e. The Morgan fingerprint density at radius 3 is 2.50 bits per heavy atom. The molecule has 1 saturated carbocycles. The van der Waals surface area contributed by atoms with Gasteiger partial charge in [0.2, 0.25) is 0 Å². The van der Waals surface area contributed by atoms with E-state index in [4.69, 9.17) is 0 Å². The van der Waals surface area contributed by atoms with E-state index in [2.05, 4.69) is 4.99 Å². The average molecular weight is 328 g/mol. The summed E-state index contributed by atoms with van der Waals surface area (Å²) >= 11 is 0. The van der Waals surface area contributed by atoms with Gasteiger partial charge in [0.1, 0.15) is 17.5 Å². The van der Waals surface area contributed by atoms with Crippen LogP contribution >= 0.6 is 0 Å². The fraction of sp³-hybridized carbons (Fsp3) is 0.474. The summed E-state index contributed by atoms with van der Waals surface area (Å²) in [6, 6.07) is 8.50. The number of carboxylic acid groups (broad SMARTS) is 1. The van der Waals surface area contributed by atoms with Crippen LogP contribution in [0.1, 0.15) is 51.0 Å². The summed E-state index contributed by atoms with van der Waals surface area (Å²) < 4.78 is 0. The molecule has 1 aliphatic rings. The first kappa shape index (κ1) is 18.0. The topological polar surface area (TPSA) is 86.6 Å². The Balaban J connectivity index is 2.34. The Labute approximate surface area is 141 Å². The zero-order valence-corrected chi connectivity index (χ0v) is 14.0. The molecule has 5 heteroatoms. The number of carbonyl (C=O) groups is 3. The summed E-state index contributed by atoms with van der Waals surface area (Å²) in [5.41, 5.74) is 1.39. The van der Waals surface area contributed by atoms with Crippen molar-refractivity contribution in [3.63, 3.8) is 0 Å². The Morgan fingerprint density at radius 2 is 1.92 bits per heavy atom. The Morgan fingerprint density at radius 1 is 1.25 bits per heavy atom. The van der Waals surface area contributed by atoms with Crippen LogP contribution in [0.5, 0.6) is 0 Å². The maximum absolute atomic E-state index is 12.6. The van der Waals surface area contributed by atoms with E-state index in [1.165, 1.54) is 6.92 Å². The fourth-order valence-electron chi connectivity index (χ4n) is 3.13. The highest BCUT2D eigenvalue weighted by molar-refractivity contribution is 6.22. The van der Waals surface area contributed by atoms with E-state index < -0.39 is 17.9 Å². The third kappa shape index (κ3) is 4.16. The van der Waals surface area contributed by atoms with Gasteiger partial charge < -0.3 is 9.90 Å². The van der Waals surface area contributed by atoms with E-state index in [-0.39, 0.29) is 23.9 Å². The molecule has 1 aromatic carbocycles. The van der Waals surface area contributed by atoms with Crippen molar-refractivity contribution in [3.8, 4) is 0 Å². The quantitative estimate of drug-likeness (QED) is 0.744. The molecule has 0 unspecified atom stereocenters. The van der Waals surface area contributed by atoms with E-state index >= 15 is 0 Å². The van der Waals surface area contributed by atoms with Crippen LogP contribution in [0.25, 0.3) is 0 Å². The predicted octanol–water partition coefficient (Wildman–Crippen LogP) is 1.70. The molecule has 3 atom stereocenters. The van der Waals surface area contributed by atoms with Gasteiger partial charge in [0.25, 0.3) is 0 Å². The first-order chi connectivity index (χ1) is 11.4. The number of Topliss-reactive ketones (excluding diaryl/α,β-unsaturated/α-hetero) is 2. The van der Waals surface area contributed by atoms with Gasteiger partial charge in [-0.1, -0.05) is 37.3 Å². The van der Waals surface area contributed by atoms with Gasteiger partial charge in [-0.2, -0.15) is 0 Å². The number of hydrogen-bond donors (Lipinski definition) is 0. The molecule has 0 saturated heterocycles. The minimum atomic E-state index is -1.31. The van der Waals surface area contributed by atoms with E-state index in [1.54, 1.807) is 0 Å². The molecule has 0 spiro atoms. The number of aliphatic carboxylic acids is 1. The van der Waals surface area contributed by atoms with Crippen molar-refractivity contribution in [2.24, 2.45) is 10.9 Å². The van der Waals surface area contributed by atoms with Gasteiger partial charge in [0, 0.05) is 18.6 Å². The van der Waals surface area contributed by atoms with E-state index in [9.17, 15) is 19.5 Å². The molecule has 0 aliphatic heterocycles. The lowest BCUT2D eigenvalue weighted by Gasteiger charge is -2.29. The lowest BCUT2D eigenvalue weighted by atomic mass is 9.74. The number of carboxylic acids is 1. The van der Waals surface area contributed by atoms with Gasteiger partial charge in [-0.15, -0.1) is 0 Å². The smallest absolute Gasteiger partial charge is 0.149 e. The molecule has 1 aliphatic carbocycles. The molecule has 0 N–H and O–H groups in total. The van der Waals surface area contributed by atoms with E-state index in [0.717, 1.165) is 5.56 Å². The fourth-order valence-corrected chi connectivity index (χ4v) is 3.13. The van der Waals surface area contributed by atoms with Gasteiger partial charge in [0.05, 0.1) is 12.0 Å². The van der Waals surface area contributed by atoms with Gasteiger partial charge in [-0.05, 0) is 31.2 Å². The van der Waals surface area contributed by atoms with Crippen LogP contribution in [0.3, 0.4) is 0 Å². The molecule has 128 valence electrons. The number of benzene rings is 1. The molecule has 2 rings (SSSR count). The number of carbonyl (C=O) groups excluding carboxylic acids is 3. The third-order valence-electron chi connectivity index (χ3n) is 4.35. The summed E-state index contributed by atoms with van der Waals surface area (Å²) in [7, 11) is 0. The van der Waals surface area contributed by atoms with Crippen LogP contribution in [0.2, 0.25) is 0 Å². The van der Waals surface area contributed by atoms with Crippen molar-refractivity contribution < 1.29 is 19.5 Å². The lowest BCUT2D eigenvalue weighted by molar-refractivity contribution is -0.306. The van der Waals surface area contributed by atoms with Crippen LogP contribution in [-0.2, 0) is 14.4 Å². The molecule has 24 heavy (non-hydrogen) atoms. The Bertz CT molecular complexity index is 651. The SMILES string of the molecule is CCCC(=O)[C@H]1C(=O)C[C@H](c2ccccc2)CC1=N[C@H](C)C(=O)[O-]. The summed E-state index contributed by atoms with van der Waals surface area (Å²) in [5, 5.41) is 11.0. The van der Waals surface area contributed by atoms with E-state index in [1.807, 2.05) is 37.3 Å². The second kappa shape index (κ2) is 7.99. The van der Waals surface area contributed by atoms with Crippen molar-refractivity contribution in [1.82, 2.24) is 0 Å². The molecule has 0 amide bonds. The zero-order chi connectivity index (χ0) is 17.7. The number of nitrogens with zero attached hydrogens (tertiary/aromatic N) is 1. The molecular weight excluding hydrogens is 306 g/mol. The van der Waals surface area contributed by atoms with Crippen LogP contribution < -0.4 is 5.11 Å². The monoisotopic (exact) mass is 328 g/mol. The second-order valence-electron chi connectivity index (χ2n) is 6.25. The zero-order valence-electron chi connectivity index (χ0n) is 14.0. The van der Waals surface area contributed by atoms with E-state index in [0.29, 0.717) is 25.0 Å². The van der Waals surface area contributed by atoms with Gasteiger partial charge in [-0.3, -0.25) is 14.6 Å². The number of aliphatic imine (C=N–C) groups is 1. The van der Waals surface area contributed by atoms with Gasteiger partial charge in [0.15, 0.2) is 0 Å². The van der Waals surface area contributed by atoms with Crippen LogP contribution in [0, 0.1) is 5.92 Å². The molecule has 1 fully saturated rings. The van der Waals surface area contributed by atoms with Crippen LogP contribution in [0.4, 0.5) is 0 Å². The molecule has 1 aromatic rings. The Hall–Kier alpha value is -2.30. The van der Waals surface area contributed by atoms with Crippen LogP contribution in [0.15, 0.2) is 35.3 Å². The standard InChI is InChI=1S/C19H23NO4/c1-3-7-16(21)18-15(20-12(2)19(23)24)10-14(11-17(18)22)13-8-5-4-6-9-13/h4-6,8-9,12,14,18H,3,7,10-11H2,1-2H3,(H,23,24)/p-1/t12-,14-,18+/m1/s1. The first-order valence-electron chi connectivity index (χ1n) is 8.31. The number of ketones is 2. The number of hydrogen-bond acceptors (Lipinski definition) is 5. The average Bonchev–Trinajstić information content (AvgIpc) is 2.55. The molecule has 0 heterocycles. The normalized spacial score (nSPS) is 23.9. The first-order valence-corrected chi connectivity index (χ1v) is 8.31. The predicted molar refractivity (Wildman–Crippen MR) is 88.7 cm³/mol. The lowest BCUT2D eigenvalue weighted by Crippen LogP contribution is -2.40. The molecule has 5 nitrogen and oxygen atoms in total. The molecular formula is C19H22NO4-. The minimum absolute atomic E-state index is 0.0721. The number of rotatable bonds is 6. The molecule has 0 bridgehead atoms. The van der Waals surface area contributed by atoms with Gasteiger partial charge in [-0.25, -0.2) is 0 Å². The second-order valence-corrected chi connectivity index (χ2v) is 6.25. The summed E-state index contributed by atoms with van der Waals surface area (Å²) in [6.07, 6.45) is 1.65. The van der Waals surface area contributed by atoms with Crippen molar-refractivity contribution >= 4 is 23.2 Å². The summed E-state index contributed by atoms with van der Waals surface area (Å²) in [6.45, 7) is 3.28.